The van der Waals surface area contributed by atoms with Crippen molar-refractivity contribution < 1.29 is 8.78 Å². The lowest BCUT2D eigenvalue weighted by atomic mass is 10.1. The minimum Gasteiger partial charge on any atom is -0.379 e. The highest BCUT2D eigenvalue weighted by Crippen LogP contribution is 2.33. The Balaban J connectivity index is 2.28. The van der Waals surface area contributed by atoms with Crippen molar-refractivity contribution in [3.8, 4) is 6.07 Å². The number of anilines is 1. The Hall–Kier alpha value is -1.45. The second-order valence-corrected chi connectivity index (χ2v) is 6.20. The molecule has 0 unspecified atom stereocenters. The van der Waals surface area contributed by atoms with E-state index in [1.165, 1.54) is 0 Å². The summed E-state index contributed by atoms with van der Waals surface area (Å²) < 4.78 is 29.2. The van der Waals surface area contributed by atoms with Gasteiger partial charge in [0.15, 0.2) is 0 Å². The molecule has 0 aliphatic heterocycles. The number of halogens is 4. The van der Waals surface area contributed by atoms with Crippen LogP contribution in [0.25, 0.3) is 0 Å². The van der Waals surface area contributed by atoms with Gasteiger partial charge in [-0.3, -0.25) is 0 Å². The Morgan fingerprint density at radius 2 is 1.62 bits per heavy atom. The molecule has 6 heteroatoms. The highest BCUT2D eigenvalue weighted by Gasteiger charge is 2.13. The van der Waals surface area contributed by atoms with Crippen molar-refractivity contribution in [3.05, 3.63) is 61.5 Å². The van der Waals surface area contributed by atoms with Crippen molar-refractivity contribution in [2.45, 2.75) is 13.5 Å². The van der Waals surface area contributed by atoms with E-state index in [4.69, 9.17) is 5.26 Å². The van der Waals surface area contributed by atoms with Gasteiger partial charge in [0.2, 0.25) is 0 Å². The molecule has 0 saturated carbocycles. The summed E-state index contributed by atoms with van der Waals surface area (Å²) in [5.74, 6) is -1.48. The Morgan fingerprint density at radius 1 is 1.10 bits per heavy atom. The van der Waals surface area contributed by atoms with Gasteiger partial charge in [-0.15, -0.1) is 0 Å². The summed E-state index contributed by atoms with van der Waals surface area (Å²) in [6.45, 7) is 1.92. The number of hydrogen-bond acceptors (Lipinski definition) is 2. The average Bonchev–Trinajstić information content (AvgIpc) is 2.39. The molecule has 0 radical (unpaired) electrons. The Labute approximate surface area is 138 Å². The molecule has 0 atom stereocenters. The highest BCUT2D eigenvalue weighted by molar-refractivity contribution is 9.11. The fourth-order valence-corrected chi connectivity index (χ4v) is 3.58. The summed E-state index contributed by atoms with van der Waals surface area (Å²) in [5.41, 5.74) is 1.62. The number of nitrogens with one attached hydrogen (secondary N) is 1. The van der Waals surface area contributed by atoms with Gasteiger partial charge >= 0.3 is 0 Å². The SMILES string of the molecule is Cc1cc(Br)c(NCc2c(F)cc(C#N)cc2F)c(Br)c1. The van der Waals surface area contributed by atoms with Crippen LogP contribution in [0.2, 0.25) is 0 Å². The normalized spacial score (nSPS) is 10.3. The zero-order chi connectivity index (χ0) is 15.6. The summed E-state index contributed by atoms with van der Waals surface area (Å²) >= 11 is 6.82. The van der Waals surface area contributed by atoms with Crippen LogP contribution in [0, 0.1) is 29.9 Å². The maximum atomic E-state index is 13.8. The summed E-state index contributed by atoms with van der Waals surface area (Å²) in [5, 5.41) is 11.7. The molecule has 2 nitrogen and oxygen atoms in total. The van der Waals surface area contributed by atoms with Crippen molar-refractivity contribution in [1.29, 1.82) is 5.26 Å². The van der Waals surface area contributed by atoms with E-state index in [0.717, 1.165) is 26.6 Å². The predicted molar refractivity (Wildman–Crippen MR) is 85.0 cm³/mol. The Morgan fingerprint density at radius 3 is 2.10 bits per heavy atom. The van der Waals surface area contributed by atoms with E-state index < -0.39 is 11.6 Å². The quantitative estimate of drug-likeness (QED) is 0.739. The first kappa shape index (κ1) is 15.9. The molecule has 2 aromatic rings. The third-order valence-corrected chi connectivity index (χ3v) is 4.15. The van der Waals surface area contributed by atoms with Crippen molar-refractivity contribution in [1.82, 2.24) is 0 Å². The van der Waals surface area contributed by atoms with E-state index >= 15 is 0 Å². The smallest absolute Gasteiger partial charge is 0.132 e. The first-order valence-electron chi connectivity index (χ1n) is 6.00. The van der Waals surface area contributed by atoms with Crippen LogP contribution in [-0.4, -0.2) is 0 Å². The van der Waals surface area contributed by atoms with Gasteiger partial charge < -0.3 is 5.32 Å². The topological polar surface area (TPSA) is 35.8 Å². The van der Waals surface area contributed by atoms with Gasteiger partial charge in [-0.2, -0.15) is 5.26 Å². The summed E-state index contributed by atoms with van der Waals surface area (Å²) in [4.78, 5) is 0. The fraction of sp³-hybridized carbons (Fsp3) is 0.133. The molecule has 0 spiro atoms. The largest absolute Gasteiger partial charge is 0.379 e. The lowest BCUT2D eigenvalue weighted by Gasteiger charge is -2.13. The van der Waals surface area contributed by atoms with Gasteiger partial charge in [0.05, 0.1) is 17.3 Å². The molecule has 0 heterocycles. The average molecular weight is 416 g/mol. The van der Waals surface area contributed by atoms with E-state index in [9.17, 15) is 8.78 Å². The van der Waals surface area contributed by atoms with E-state index in [-0.39, 0.29) is 17.7 Å². The number of nitriles is 1. The van der Waals surface area contributed by atoms with E-state index in [1.807, 2.05) is 19.1 Å². The van der Waals surface area contributed by atoms with Crippen LogP contribution >= 0.6 is 31.9 Å². The second kappa shape index (κ2) is 6.54. The first-order chi connectivity index (χ1) is 9.92. The molecule has 0 aliphatic rings. The van der Waals surface area contributed by atoms with E-state index in [0.29, 0.717) is 5.69 Å². The third kappa shape index (κ3) is 3.60. The molecule has 1 N–H and O–H groups in total. The molecule has 0 aliphatic carbocycles. The summed E-state index contributed by atoms with van der Waals surface area (Å²) in [6, 6.07) is 7.58. The van der Waals surface area contributed by atoms with Gasteiger partial charge in [-0.1, -0.05) is 0 Å². The van der Waals surface area contributed by atoms with Gasteiger partial charge in [0.25, 0.3) is 0 Å². The molecule has 21 heavy (non-hydrogen) atoms. The van der Waals surface area contributed by atoms with Crippen LogP contribution in [0.4, 0.5) is 14.5 Å². The molecule has 2 aromatic carbocycles. The molecule has 0 saturated heterocycles. The van der Waals surface area contributed by atoms with Crippen LogP contribution in [0.15, 0.2) is 33.2 Å². The lowest BCUT2D eigenvalue weighted by Crippen LogP contribution is -2.06. The Bertz CT molecular complexity index is 693. The monoisotopic (exact) mass is 414 g/mol. The number of rotatable bonds is 3. The van der Waals surface area contributed by atoms with Crippen molar-refractivity contribution in [3.63, 3.8) is 0 Å². The van der Waals surface area contributed by atoms with E-state index in [2.05, 4.69) is 37.2 Å². The molecule has 108 valence electrons. The standard InChI is InChI=1S/C15H10Br2F2N2/c1-8-2-11(16)15(12(17)3-8)21-7-10-13(18)4-9(6-20)5-14(10)19/h2-5,21H,7H2,1H3. The molecular formula is C15H10Br2F2N2. The molecule has 2 rings (SSSR count). The number of nitrogens with zero attached hydrogens (tertiary/aromatic N) is 1. The van der Waals surface area contributed by atoms with Crippen LogP contribution < -0.4 is 5.32 Å². The van der Waals surface area contributed by atoms with Crippen LogP contribution in [0.1, 0.15) is 16.7 Å². The lowest BCUT2D eigenvalue weighted by molar-refractivity contribution is 0.559. The Kier molecular flexibility index (Phi) is 4.96. The molecule has 0 fully saturated rings. The minimum absolute atomic E-state index is 0.0242. The minimum atomic E-state index is -0.738. The molecule has 0 amide bonds. The number of benzene rings is 2. The van der Waals surface area contributed by atoms with Gasteiger partial charge in [0, 0.05) is 21.1 Å². The van der Waals surface area contributed by atoms with Crippen LogP contribution in [0.3, 0.4) is 0 Å². The van der Waals surface area contributed by atoms with E-state index in [1.54, 1.807) is 6.07 Å². The highest BCUT2D eigenvalue weighted by atomic mass is 79.9. The second-order valence-electron chi connectivity index (χ2n) is 4.49. The maximum Gasteiger partial charge on any atom is 0.132 e. The first-order valence-corrected chi connectivity index (χ1v) is 7.58. The number of hydrogen-bond donors (Lipinski definition) is 1. The van der Waals surface area contributed by atoms with Crippen LogP contribution in [0.5, 0.6) is 0 Å². The maximum absolute atomic E-state index is 13.8. The fourth-order valence-electron chi connectivity index (χ4n) is 1.88. The van der Waals surface area contributed by atoms with Crippen molar-refractivity contribution >= 4 is 37.5 Å². The zero-order valence-electron chi connectivity index (χ0n) is 11.0. The molecular weight excluding hydrogens is 406 g/mol. The summed E-state index contributed by atoms with van der Waals surface area (Å²) in [7, 11) is 0. The van der Waals surface area contributed by atoms with Gasteiger partial charge in [-0.05, 0) is 68.6 Å². The van der Waals surface area contributed by atoms with Crippen molar-refractivity contribution in [2.24, 2.45) is 0 Å². The summed E-state index contributed by atoms with van der Waals surface area (Å²) in [6.07, 6.45) is 0. The molecule has 0 aromatic heterocycles. The molecule has 0 bridgehead atoms. The number of aryl methyl sites for hydroxylation is 1. The van der Waals surface area contributed by atoms with Gasteiger partial charge in [0.1, 0.15) is 11.6 Å². The van der Waals surface area contributed by atoms with Crippen molar-refractivity contribution in [2.75, 3.05) is 5.32 Å². The predicted octanol–water partition coefficient (Wildman–Crippen LogP) is 5.28. The van der Waals surface area contributed by atoms with Crippen LogP contribution in [-0.2, 0) is 6.54 Å². The third-order valence-electron chi connectivity index (χ3n) is 2.90. The zero-order valence-corrected chi connectivity index (χ0v) is 14.1. The van der Waals surface area contributed by atoms with Gasteiger partial charge in [-0.25, -0.2) is 8.78 Å².